The zero-order chi connectivity index (χ0) is 13.7. The van der Waals surface area contributed by atoms with E-state index in [9.17, 15) is 0 Å². The predicted molar refractivity (Wildman–Crippen MR) is 83.8 cm³/mol. The van der Waals surface area contributed by atoms with E-state index in [0.717, 1.165) is 25.6 Å². The van der Waals surface area contributed by atoms with Gasteiger partial charge in [-0.05, 0) is 49.4 Å². The molecule has 2 rings (SSSR count). The minimum Gasteiger partial charge on any atom is -0.371 e. The van der Waals surface area contributed by atoms with Gasteiger partial charge in [0.15, 0.2) is 0 Å². The summed E-state index contributed by atoms with van der Waals surface area (Å²) in [7, 11) is 0. The lowest BCUT2D eigenvalue weighted by Gasteiger charge is -2.36. The van der Waals surface area contributed by atoms with Crippen molar-refractivity contribution in [2.75, 3.05) is 31.1 Å². The number of hydrogen-bond acceptors (Lipinski definition) is 2. The van der Waals surface area contributed by atoms with Crippen molar-refractivity contribution < 1.29 is 0 Å². The summed E-state index contributed by atoms with van der Waals surface area (Å²) in [6, 6.07) is 8.91. The normalized spacial score (nSPS) is 20.2. The van der Waals surface area contributed by atoms with Crippen molar-refractivity contribution in [2.45, 2.75) is 33.6 Å². The summed E-state index contributed by atoms with van der Waals surface area (Å²) in [6.45, 7) is 11.6. The van der Waals surface area contributed by atoms with Gasteiger partial charge in [0, 0.05) is 18.8 Å². The number of anilines is 1. The molecule has 19 heavy (non-hydrogen) atoms. The average molecular weight is 260 g/mol. The molecule has 1 aliphatic rings. The molecule has 1 aromatic carbocycles. The summed E-state index contributed by atoms with van der Waals surface area (Å²) in [5.41, 5.74) is 2.98. The van der Waals surface area contributed by atoms with Crippen LogP contribution in [0.25, 0.3) is 0 Å². The lowest BCUT2D eigenvalue weighted by Crippen LogP contribution is -2.39. The molecule has 2 heteroatoms. The third-order valence-corrected chi connectivity index (χ3v) is 3.88. The van der Waals surface area contributed by atoms with Crippen molar-refractivity contribution in [3.63, 3.8) is 0 Å². The lowest BCUT2D eigenvalue weighted by atomic mass is 9.93. The van der Waals surface area contributed by atoms with Crippen LogP contribution >= 0.6 is 0 Å². The summed E-state index contributed by atoms with van der Waals surface area (Å²) in [6.07, 6.45) is 2.45. The van der Waals surface area contributed by atoms with Gasteiger partial charge in [-0.1, -0.05) is 39.0 Å². The molecule has 0 bridgehead atoms. The minimum absolute atomic E-state index is 0.699. The van der Waals surface area contributed by atoms with Crippen LogP contribution in [-0.2, 0) is 6.42 Å². The Balaban J connectivity index is 1.96. The first-order valence-corrected chi connectivity index (χ1v) is 7.74. The van der Waals surface area contributed by atoms with Gasteiger partial charge in [-0.25, -0.2) is 0 Å². The number of fused-ring (bicyclic) bond motifs is 1. The third kappa shape index (κ3) is 3.97. The molecule has 0 fully saturated rings. The summed E-state index contributed by atoms with van der Waals surface area (Å²) in [5, 5.41) is 3.53. The van der Waals surface area contributed by atoms with E-state index in [4.69, 9.17) is 0 Å². The predicted octanol–water partition coefficient (Wildman–Crippen LogP) is 3.32. The summed E-state index contributed by atoms with van der Waals surface area (Å²) < 4.78 is 0. The van der Waals surface area contributed by atoms with Gasteiger partial charge in [0.25, 0.3) is 0 Å². The topological polar surface area (TPSA) is 15.3 Å². The monoisotopic (exact) mass is 260 g/mol. The van der Waals surface area contributed by atoms with Gasteiger partial charge in [-0.3, -0.25) is 0 Å². The highest BCUT2D eigenvalue weighted by Gasteiger charge is 2.22. The van der Waals surface area contributed by atoms with Gasteiger partial charge in [0.05, 0.1) is 0 Å². The third-order valence-electron chi connectivity index (χ3n) is 3.88. The number of nitrogens with one attached hydrogen (secondary N) is 1. The fourth-order valence-electron chi connectivity index (χ4n) is 3.05. The number of rotatable bonds is 6. The highest BCUT2D eigenvalue weighted by molar-refractivity contribution is 5.55. The summed E-state index contributed by atoms with van der Waals surface area (Å²) >= 11 is 0. The first kappa shape index (κ1) is 14.4. The molecule has 106 valence electrons. The molecule has 0 aliphatic carbocycles. The number of para-hydroxylation sites is 1. The van der Waals surface area contributed by atoms with E-state index in [1.54, 1.807) is 0 Å². The molecule has 1 heterocycles. The Morgan fingerprint density at radius 3 is 2.95 bits per heavy atom. The molecule has 0 saturated heterocycles. The highest BCUT2D eigenvalue weighted by Crippen LogP contribution is 2.29. The second-order valence-corrected chi connectivity index (χ2v) is 6.15. The fraction of sp³-hybridized carbons (Fsp3) is 0.647. The van der Waals surface area contributed by atoms with E-state index in [-0.39, 0.29) is 0 Å². The Morgan fingerprint density at radius 2 is 2.16 bits per heavy atom. The van der Waals surface area contributed by atoms with Gasteiger partial charge in [-0.2, -0.15) is 0 Å². The molecule has 2 nitrogen and oxygen atoms in total. The van der Waals surface area contributed by atoms with Gasteiger partial charge in [-0.15, -0.1) is 0 Å². The first-order chi connectivity index (χ1) is 9.20. The van der Waals surface area contributed by atoms with Crippen molar-refractivity contribution in [3.05, 3.63) is 29.8 Å². The SMILES string of the molecule is CCCNCC(C)CN1CC(C)Cc2ccccc21. The number of nitrogens with zero attached hydrogens (tertiary/aromatic N) is 1. The van der Waals surface area contributed by atoms with Crippen LogP contribution in [0, 0.1) is 11.8 Å². The van der Waals surface area contributed by atoms with Crippen LogP contribution in [0.5, 0.6) is 0 Å². The van der Waals surface area contributed by atoms with Crippen molar-refractivity contribution in [2.24, 2.45) is 11.8 Å². The van der Waals surface area contributed by atoms with E-state index < -0.39 is 0 Å². The van der Waals surface area contributed by atoms with Crippen molar-refractivity contribution in [1.29, 1.82) is 0 Å². The van der Waals surface area contributed by atoms with Crippen LogP contribution in [0.15, 0.2) is 24.3 Å². The Kier molecular flexibility index (Phi) is 5.26. The molecule has 2 unspecified atom stereocenters. The van der Waals surface area contributed by atoms with Crippen molar-refractivity contribution in [3.8, 4) is 0 Å². The molecule has 0 saturated carbocycles. The van der Waals surface area contributed by atoms with Crippen molar-refractivity contribution >= 4 is 5.69 Å². The average Bonchev–Trinajstić information content (AvgIpc) is 2.39. The van der Waals surface area contributed by atoms with E-state index in [1.165, 1.54) is 30.6 Å². The fourth-order valence-corrected chi connectivity index (χ4v) is 3.05. The Morgan fingerprint density at radius 1 is 1.37 bits per heavy atom. The molecule has 2 atom stereocenters. The lowest BCUT2D eigenvalue weighted by molar-refractivity contribution is 0.464. The maximum absolute atomic E-state index is 3.53. The van der Waals surface area contributed by atoms with E-state index in [1.807, 2.05) is 0 Å². The Labute approximate surface area is 118 Å². The second-order valence-electron chi connectivity index (χ2n) is 6.15. The van der Waals surface area contributed by atoms with E-state index in [0.29, 0.717) is 5.92 Å². The van der Waals surface area contributed by atoms with Gasteiger partial charge >= 0.3 is 0 Å². The van der Waals surface area contributed by atoms with Crippen LogP contribution in [0.1, 0.15) is 32.8 Å². The van der Waals surface area contributed by atoms with E-state index >= 15 is 0 Å². The molecule has 0 amide bonds. The van der Waals surface area contributed by atoms with Crippen LogP contribution < -0.4 is 10.2 Å². The molecule has 0 radical (unpaired) electrons. The maximum Gasteiger partial charge on any atom is 0.0399 e. The number of benzene rings is 1. The van der Waals surface area contributed by atoms with Gasteiger partial charge in [0.1, 0.15) is 0 Å². The zero-order valence-electron chi connectivity index (χ0n) is 12.7. The summed E-state index contributed by atoms with van der Waals surface area (Å²) in [5.74, 6) is 1.47. The zero-order valence-corrected chi connectivity index (χ0v) is 12.7. The minimum atomic E-state index is 0.699. The van der Waals surface area contributed by atoms with Crippen LogP contribution in [0.4, 0.5) is 5.69 Å². The van der Waals surface area contributed by atoms with E-state index in [2.05, 4.69) is 55.3 Å². The smallest absolute Gasteiger partial charge is 0.0399 e. The molecule has 1 N–H and O–H groups in total. The Bertz CT molecular complexity index is 389. The Hall–Kier alpha value is -1.02. The quantitative estimate of drug-likeness (QED) is 0.789. The molecule has 1 aromatic rings. The summed E-state index contributed by atoms with van der Waals surface area (Å²) in [4.78, 5) is 2.59. The molecule has 0 aromatic heterocycles. The number of hydrogen-bond donors (Lipinski definition) is 1. The second kappa shape index (κ2) is 6.95. The molecular formula is C17H28N2. The van der Waals surface area contributed by atoms with Crippen LogP contribution in [-0.4, -0.2) is 26.2 Å². The molecular weight excluding hydrogens is 232 g/mol. The standard InChI is InChI=1S/C17H28N2/c1-4-9-18-11-15(3)13-19-12-14(2)10-16-7-5-6-8-17(16)19/h5-8,14-15,18H,4,9-13H2,1-3H3. The maximum atomic E-state index is 3.53. The van der Waals surface area contributed by atoms with Gasteiger partial charge < -0.3 is 10.2 Å². The van der Waals surface area contributed by atoms with Crippen LogP contribution in [0.3, 0.4) is 0 Å². The van der Waals surface area contributed by atoms with Gasteiger partial charge in [0.2, 0.25) is 0 Å². The first-order valence-electron chi connectivity index (χ1n) is 7.74. The highest BCUT2D eigenvalue weighted by atomic mass is 15.1. The van der Waals surface area contributed by atoms with Crippen LogP contribution in [0.2, 0.25) is 0 Å². The van der Waals surface area contributed by atoms with Crippen molar-refractivity contribution in [1.82, 2.24) is 5.32 Å². The molecule has 1 aliphatic heterocycles. The largest absolute Gasteiger partial charge is 0.371 e. The molecule has 0 spiro atoms.